The molecule has 0 aliphatic rings. The second-order valence-corrected chi connectivity index (χ2v) is 7.51. The van der Waals surface area contributed by atoms with Crippen LogP contribution in [0.2, 0.25) is 0 Å². The zero-order chi connectivity index (χ0) is 17.9. The number of para-hydroxylation sites is 1. The first-order valence-electron chi connectivity index (χ1n) is 7.83. The van der Waals surface area contributed by atoms with Crippen molar-refractivity contribution in [2.45, 2.75) is 12.1 Å². The van der Waals surface area contributed by atoms with Crippen LogP contribution in [0.15, 0.2) is 53.7 Å². The molecule has 2 aromatic heterocycles. The smallest absolute Gasteiger partial charge is 0.236 e. The van der Waals surface area contributed by atoms with E-state index in [1.54, 1.807) is 4.68 Å². The summed E-state index contributed by atoms with van der Waals surface area (Å²) in [7, 11) is 0. The minimum Gasteiger partial charge on any atom is -0.301 e. The Balaban J connectivity index is 1.42. The maximum Gasteiger partial charge on any atom is 0.236 e. The molecule has 0 spiro atoms. The number of benzene rings is 2. The van der Waals surface area contributed by atoms with Crippen molar-refractivity contribution in [1.82, 2.24) is 25.2 Å². The number of tetrazole rings is 1. The number of aromatic nitrogens is 5. The fourth-order valence-electron chi connectivity index (χ4n) is 2.37. The molecule has 4 rings (SSSR count). The van der Waals surface area contributed by atoms with Gasteiger partial charge in [-0.2, -0.15) is 4.68 Å². The number of hydrogen-bond donors (Lipinski definition) is 1. The van der Waals surface area contributed by atoms with Crippen molar-refractivity contribution >= 4 is 44.4 Å². The normalized spacial score (nSPS) is 11.0. The third-order valence-electron chi connectivity index (χ3n) is 3.56. The fourth-order valence-corrected chi connectivity index (χ4v) is 4.04. The topological polar surface area (TPSA) is 85.6 Å². The van der Waals surface area contributed by atoms with Gasteiger partial charge in [0, 0.05) is 0 Å². The van der Waals surface area contributed by atoms with Crippen molar-refractivity contribution < 1.29 is 4.79 Å². The van der Waals surface area contributed by atoms with E-state index in [0.717, 1.165) is 15.9 Å². The maximum atomic E-state index is 12.3. The molecule has 1 N–H and O–H groups in total. The Labute approximate surface area is 157 Å². The van der Waals surface area contributed by atoms with Crippen LogP contribution >= 0.6 is 23.1 Å². The van der Waals surface area contributed by atoms with Gasteiger partial charge in [-0.1, -0.05) is 47.4 Å². The van der Waals surface area contributed by atoms with Gasteiger partial charge in [0.1, 0.15) is 0 Å². The van der Waals surface area contributed by atoms with Gasteiger partial charge in [0.05, 0.1) is 21.7 Å². The Kier molecular flexibility index (Phi) is 4.63. The molecule has 0 aliphatic heterocycles. The minimum atomic E-state index is -0.145. The molecule has 0 saturated heterocycles. The fraction of sp³-hybridized carbons (Fsp3) is 0.118. The number of amides is 1. The summed E-state index contributed by atoms with van der Waals surface area (Å²) in [6.45, 7) is 2.03. The van der Waals surface area contributed by atoms with Crippen molar-refractivity contribution in [3.05, 3.63) is 54.1 Å². The van der Waals surface area contributed by atoms with E-state index in [0.29, 0.717) is 10.3 Å². The molecule has 2 aromatic carbocycles. The van der Waals surface area contributed by atoms with Gasteiger partial charge in [-0.15, -0.1) is 5.10 Å². The van der Waals surface area contributed by atoms with Crippen LogP contribution in [-0.2, 0) is 4.79 Å². The quantitative estimate of drug-likeness (QED) is 0.533. The third kappa shape index (κ3) is 3.58. The maximum absolute atomic E-state index is 12.3. The molecule has 130 valence electrons. The summed E-state index contributed by atoms with van der Waals surface area (Å²) in [6.07, 6.45) is 0. The number of carbonyl (C=O) groups excluding carboxylic acids is 1. The molecule has 2 heterocycles. The Morgan fingerprint density at radius 1 is 1.23 bits per heavy atom. The monoisotopic (exact) mass is 382 g/mol. The average molecular weight is 382 g/mol. The van der Waals surface area contributed by atoms with Gasteiger partial charge in [0.25, 0.3) is 0 Å². The third-order valence-corrected chi connectivity index (χ3v) is 5.42. The molecule has 9 heteroatoms. The largest absolute Gasteiger partial charge is 0.301 e. The van der Waals surface area contributed by atoms with Crippen molar-refractivity contribution in [3.8, 4) is 5.69 Å². The average Bonchev–Trinajstić information content (AvgIpc) is 3.26. The highest BCUT2D eigenvalue weighted by Gasteiger charge is 2.13. The van der Waals surface area contributed by atoms with E-state index in [-0.39, 0.29) is 11.7 Å². The summed E-state index contributed by atoms with van der Waals surface area (Å²) in [5, 5.41) is 15.7. The lowest BCUT2D eigenvalue weighted by Gasteiger charge is -2.03. The number of fused-ring (bicyclic) bond motifs is 1. The molecule has 7 nitrogen and oxygen atoms in total. The second-order valence-electron chi connectivity index (χ2n) is 5.54. The van der Waals surface area contributed by atoms with Crippen molar-refractivity contribution in [2.75, 3.05) is 11.1 Å². The van der Waals surface area contributed by atoms with Gasteiger partial charge in [0.2, 0.25) is 11.1 Å². The van der Waals surface area contributed by atoms with Gasteiger partial charge < -0.3 is 5.32 Å². The first-order chi connectivity index (χ1) is 12.7. The lowest BCUT2D eigenvalue weighted by Crippen LogP contribution is -2.14. The number of hydrogen-bond acceptors (Lipinski definition) is 7. The molecule has 0 unspecified atom stereocenters. The Hall–Kier alpha value is -2.78. The Morgan fingerprint density at radius 3 is 2.92 bits per heavy atom. The standard InChI is InChI=1S/C17H14N6OS2/c1-11-7-8-13-14(9-11)26-16(18-13)19-15(24)10-25-17-20-21-22-23(17)12-5-3-2-4-6-12/h2-9H,10H2,1H3,(H,18,19,24). The first kappa shape index (κ1) is 16.7. The van der Waals surface area contributed by atoms with E-state index in [4.69, 9.17) is 0 Å². The van der Waals surface area contributed by atoms with E-state index in [9.17, 15) is 4.79 Å². The Morgan fingerprint density at radius 2 is 2.08 bits per heavy atom. The molecule has 0 radical (unpaired) electrons. The van der Waals surface area contributed by atoms with Gasteiger partial charge in [-0.05, 0) is 47.2 Å². The highest BCUT2D eigenvalue weighted by molar-refractivity contribution is 7.99. The summed E-state index contributed by atoms with van der Waals surface area (Å²) < 4.78 is 2.67. The van der Waals surface area contributed by atoms with E-state index in [2.05, 4.69) is 31.9 Å². The molecule has 0 saturated carbocycles. The van der Waals surface area contributed by atoms with E-state index >= 15 is 0 Å². The summed E-state index contributed by atoms with van der Waals surface area (Å²) in [6, 6.07) is 15.6. The molecule has 0 bridgehead atoms. The molecule has 0 aliphatic carbocycles. The first-order valence-corrected chi connectivity index (χ1v) is 9.63. The number of thiazole rings is 1. The van der Waals surface area contributed by atoms with E-state index < -0.39 is 0 Å². The van der Waals surface area contributed by atoms with Gasteiger partial charge in [-0.25, -0.2) is 4.98 Å². The lowest BCUT2D eigenvalue weighted by atomic mass is 10.2. The lowest BCUT2D eigenvalue weighted by molar-refractivity contribution is -0.113. The van der Waals surface area contributed by atoms with Gasteiger partial charge >= 0.3 is 0 Å². The number of anilines is 1. The number of carbonyl (C=O) groups is 1. The second kappa shape index (κ2) is 7.22. The van der Waals surface area contributed by atoms with Crippen molar-refractivity contribution in [1.29, 1.82) is 0 Å². The number of aryl methyl sites for hydroxylation is 1. The molecule has 0 atom stereocenters. The van der Waals surface area contributed by atoms with Gasteiger partial charge in [0.15, 0.2) is 5.13 Å². The minimum absolute atomic E-state index is 0.145. The number of nitrogens with zero attached hydrogens (tertiary/aromatic N) is 5. The highest BCUT2D eigenvalue weighted by atomic mass is 32.2. The number of rotatable bonds is 5. The van der Waals surface area contributed by atoms with Crippen LogP contribution in [0.4, 0.5) is 5.13 Å². The van der Waals surface area contributed by atoms with Gasteiger partial charge in [-0.3, -0.25) is 4.79 Å². The molecule has 26 heavy (non-hydrogen) atoms. The van der Waals surface area contributed by atoms with E-state index in [1.165, 1.54) is 28.7 Å². The summed E-state index contributed by atoms with van der Waals surface area (Å²) in [5.41, 5.74) is 2.90. The van der Waals surface area contributed by atoms with Crippen molar-refractivity contribution in [2.24, 2.45) is 0 Å². The summed E-state index contributed by atoms with van der Waals surface area (Å²) >= 11 is 2.74. The van der Waals surface area contributed by atoms with Crippen LogP contribution in [-0.4, -0.2) is 36.9 Å². The highest BCUT2D eigenvalue weighted by Crippen LogP contribution is 2.27. The summed E-state index contributed by atoms with van der Waals surface area (Å²) in [5.74, 6) is 0.0516. The van der Waals surface area contributed by atoms with Crippen LogP contribution in [0.3, 0.4) is 0 Å². The van der Waals surface area contributed by atoms with Crippen LogP contribution in [0.5, 0.6) is 0 Å². The number of thioether (sulfide) groups is 1. The van der Waals surface area contributed by atoms with Crippen molar-refractivity contribution in [3.63, 3.8) is 0 Å². The van der Waals surface area contributed by atoms with E-state index in [1.807, 2.05) is 49.4 Å². The number of nitrogens with one attached hydrogen (secondary N) is 1. The van der Waals surface area contributed by atoms with Crippen LogP contribution in [0, 0.1) is 6.92 Å². The SMILES string of the molecule is Cc1ccc2nc(NC(=O)CSc3nnnn3-c3ccccc3)sc2c1. The Bertz CT molecular complexity index is 1060. The molecule has 0 fully saturated rings. The molecular weight excluding hydrogens is 368 g/mol. The molecular formula is C17H14N6OS2. The zero-order valence-corrected chi connectivity index (χ0v) is 15.4. The zero-order valence-electron chi connectivity index (χ0n) is 13.8. The summed E-state index contributed by atoms with van der Waals surface area (Å²) in [4.78, 5) is 16.7. The molecule has 1 amide bonds. The van der Waals surface area contributed by atoms with Crippen LogP contribution < -0.4 is 5.32 Å². The predicted octanol–water partition coefficient (Wildman–Crippen LogP) is 3.31. The van der Waals surface area contributed by atoms with Crippen LogP contribution in [0.25, 0.3) is 15.9 Å². The molecule has 4 aromatic rings. The predicted molar refractivity (Wildman–Crippen MR) is 103 cm³/mol. The van der Waals surface area contributed by atoms with Crippen LogP contribution in [0.1, 0.15) is 5.56 Å².